The molecule has 0 aliphatic carbocycles. The van der Waals surface area contributed by atoms with Crippen molar-refractivity contribution in [3.63, 3.8) is 0 Å². The van der Waals surface area contributed by atoms with E-state index in [2.05, 4.69) is 33.9 Å². The number of anilines is 3. The Balaban J connectivity index is 1.41. The van der Waals surface area contributed by atoms with Gasteiger partial charge in [-0.15, -0.1) is 0 Å². The molecule has 1 aliphatic heterocycles. The summed E-state index contributed by atoms with van der Waals surface area (Å²) < 4.78 is 5.49. The van der Waals surface area contributed by atoms with Gasteiger partial charge in [0.1, 0.15) is 11.6 Å². The fraction of sp³-hybridized carbons (Fsp3) is 0.346. The average molecular weight is 494 g/mol. The van der Waals surface area contributed by atoms with Crippen LogP contribution in [0.4, 0.5) is 22.0 Å². The molecule has 35 heavy (non-hydrogen) atoms. The zero-order valence-electron chi connectivity index (χ0n) is 20.5. The molecule has 1 aromatic heterocycles. The largest absolute Gasteiger partial charge is 0.378 e. The van der Waals surface area contributed by atoms with E-state index in [0.717, 1.165) is 47.2 Å². The number of amides is 2. The summed E-state index contributed by atoms with van der Waals surface area (Å²) in [6, 6.07) is 17.6. The maximum atomic E-state index is 12.4. The van der Waals surface area contributed by atoms with Gasteiger partial charge in [0.25, 0.3) is 0 Å². The molecule has 0 spiro atoms. The third kappa shape index (κ3) is 6.86. The number of carbonyl (C=O) groups excluding carboxylic acids is 1. The lowest BCUT2D eigenvalue weighted by Crippen LogP contribution is -2.37. The Morgan fingerprint density at radius 3 is 2.57 bits per heavy atom. The lowest BCUT2D eigenvalue weighted by Gasteiger charge is -2.28. The molecule has 1 saturated heterocycles. The molecular weight excluding hydrogens is 460 g/mol. The van der Waals surface area contributed by atoms with Crippen LogP contribution in [0.15, 0.2) is 54.6 Å². The molecule has 0 atom stereocenters. The van der Waals surface area contributed by atoms with E-state index in [1.807, 2.05) is 61.5 Å². The second-order valence-electron chi connectivity index (χ2n) is 8.56. The quantitative estimate of drug-likeness (QED) is 0.370. The molecule has 4 rings (SSSR count). The van der Waals surface area contributed by atoms with Gasteiger partial charge in [0.2, 0.25) is 0 Å². The molecule has 2 heterocycles. The lowest BCUT2D eigenvalue weighted by molar-refractivity contribution is 0.122. The molecule has 184 valence electrons. The molecule has 2 aromatic carbocycles. The number of thiol groups is 1. The molecule has 0 radical (unpaired) electrons. The van der Waals surface area contributed by atoms with Crippen molar-refractivity contribution in [2.24, 2.45) is 0 Å². The minimum atomic E-state index is -0.247. The molecule has 0 saturated carbocycles. The van der Waals surface area contributed by atoms with Crippen LogP contribution in [-0.2, 0) is 28.8 Å². The van der Waals surface area contributed by atoms with E-state index in [9.17, 15) is 4.79 Å². The van der Waals surface area contributed by atoms with Gasteiger partial charge >= 0.3 is 6.03 Å². The Kier molecular flexibility index (Phi) is 8.44. The normalized spacial score (nSPS) is 13.4. The van der Waals surface area contributed by atoms with Crippen molar-refractivity contribution in [3.05, 3.63) is 65.9 Å². The zero-order valence-corrected chi connectivity index (χ0v) is 21.4. The van der Waals surface area contributed by atoms with E-state index in [-0.39, 0.29) is 6.03 Å². The second-order valence-corrected chi connectivity index (χ2v) is 9.51. The van der Waals surface area contributed by atoms with E-state index < -0.39 is 0 Å². The minimum absolute atomic E-state index is 0.247. The second kappa shape index (κ2) is 11.9. The monoisotopic (exact) mass is 493 g/mol. The fourth-order valence-electron chi connectivity index (χ4n) is 3.81. The van der Waals surface area contributed by atoms with Crippen LogP contribution in [0.25, 0.3) is 11.4 Å². The van der Waals surface area contributed by atoms with Crippen LogP contribution in [-0.4, -0.2) is 62.7 Å². The van der Waals surface area contributed by atoms with E-state index in [0.29, 0.717) is 31.3 Å². The Hall–Kier alpha value is -3.30. The van der Waals surface area contributed by atoms with Crippen LogP contribution in [0.1, 0.15) is 11.3 Å². The first-order valence-corrected chi connectivity index (χ1v) is 13.2. The maximum Gasteiger partial charge on any atom is 0.319 e. The van der Waals surface area contributed by atoms with Gasteiger partial charge < -0.3 is 25.2 Å². The van der Waals surface area contributed by atoms with E-state index in [1.165, 1.54) is 11.8 Å². The Morgan fingerprint density at radius 2 is 1.86 bits per heavy atom. The SMILES string of the molecule is C[SH+]Cc1cc(N2CCOCC2)nc(-c2ccc(NC(=O)NCc3cccc(N(C)C)c3)cc2)n1. The molecule has 3 aromatic rings. The number of hydrogen-bond donors (Lipinski definition) is 2. The van der Waals surface area contributed by atoms with Crippen molar-refractivity contribution in [3.8, 4) is 11.4 Å². The number of aromatic nitrogens is 2. The number of carbonyl (C=O) groups is 1. The number of nitrogens with zero attached hydrogens (tertiary/aromatic N) is 4. The minimum Gasteiger partial charge on any atom is -0.378 e. The third-order valence-corrected chi connectivity index (χ3v) is 6.34. The lowest BCUT2D eigenvalue weighted by atomic mass is 10.2. The summed E-state index contributed by atoms with van der Waals surface area (Å²) in [6.45, 7) is 3.54. The summed E-state index contributed by atoms with van der Waals surface area (Å²) in [4.78, 5) is 26.3. The van der Waals surface area contributed by atoms with Crippen molar-refractivity contribution in [1.82, 2.24) is 15.3 Å². The molecular formula is C26H33N6O2S+. The highest BCUT2D eigenvalue weighted by molar-refractivity contribution is 7.76. The first kappa shape index (κ1) is 24.8. The standard InChI is InChI=1S/C26H32N6O2S/c1-31(2)23-6-4-5-19(15-23)17-27-26(33)29-21-9-7-20(8-10-21)25-28-22(18-35-3)16-24(30-25)32-11-13-34-14-12-32/h4-10,15-16H,11-14,17-18H2,1-3H3,(H2,27,29,33)/p+1. The van der Waals surface area contributed by atoms with E-state index >= 15 is 0 Å². The van der Waals surface area contributed by atoms with Crippen molar-refractivity contribution in [1.29, 1.82) is 0 Å². The smallest absolute Gasteiger partial charge is 0.319 e. The molecule has 2 N–H and O–H groups in total. The van der Waals surface area contributed by atoms with Gasteiger partial charge in [-0.25, -0.2) is 14.8 Å². The fourth-order valence-corrected chi connectivity index (χ4v) is 4.30. The summed E-state index contributed by atoms with van der Waals surface area (Å²) >= 11 is 1.26. The molecule has 1 aliphatic rings. The predicted molar refractivity (Wildman–Crippen MR) is 146 cm³/mol. The summed E-state index contributed by atoms with van der Waals surface area (Å²) in [6.07, 6.45) is 2.13. The summed E-state index contributed by atoms with van der Waals surface area (Å²) in [7, 11) is 3.99. The number of hydrogen-bond acceptors (Lipinski definition) is 6. The number of rotatable bonds is 8. The van der Waals surface area contributed by atoms with Gasteiger partial charge in [-0.2, -0.15) is 0 Å². The Labute approximate surface area is 211 Å². The highest BCUT2D eigenvalue weighted by Gasteiger charge is 2.16. The molecule has 8 nitrogen and oxygen atoms in total. The van der Waals surface area contributed by atoms with Gasteiger partial charge in [0, 0.05) is 56.7 Å². The topological polar surface area (TPSA) is 82.6 Å². The molecule has 2 amide bonds. The highest BCUT2D eigenvalue weighted by Crippen LogP contribution is 2.23. The summed E-state index contributed by atoms with van der Waals surface area (Å²) in [5.41, 5.74) is 4.80. The molecule has 0 bridgehead atoms. The van der Waals surface area contributed by atoms with Crippen molar-refractivity contribution < 1.29 is 9.53 Å². The first-order chi connectivity index (χ1) is 17.0. The number of nitrogens with one attached hydrogen (secondary N) is 2. The van der Waals surface area contributed by atoms with E-state index in [1.54, 1.807) is 0 Å². The van der Waals surface area contributed by atoms with Crippen molar-refractivity contribution in [2.75, 3.05) is 61.8 Å². The number of morpholine rings is 1. The van der Waals surface area contributed by atoms with Crippen molar-refractivity contribution in [2.45, 2.75) is 12.3 Å². The van der Waals surface area contributed by atoms with Gasteiger partial charge in [-0.05, 0) is 53.7 Å². The zero-order chi connectivity index (χ0) is 24.6. The molecule has 0 unspecified atom stereocenters. The number of ether oxygens (including phenoxy) is 1. The first-order valence-electron chi connectivity index (χ1n) is 11.7. The number of benzene rings is 2. The summed E-state index contributed by atoms with van der Waals surface area (Å²) in [5.74, 6) is 2.52. The van der Waals surface area contributed by atoms with Gasteiger partial charge in [-0.1, -0.05) is 12.1 Å². The van der Waals surface area contributed by atoms with Gasteiger partial charge in [-0.3, -0.25) is 0 Å². The highest BCUT2D eigenvalue weighted by atomic mass is 32.2. The Morgan fingerprint density at radius 1 is 1.09 bits per heavy atom. The van der Waals surface area contributed by atoms with Crippen LogP contribution in [0, 0.1) is 0 Å². The van der Waals surface area contributed by atoms with Gasteiger partial charge in [0.15, 0.2) is 5.82 Å². The van der Waals surface area contributed by atoms with Crippen LogP contribution in [0.5, 0.6) is 0 Å². The maximum absolute atomic E-state index is 12.4. The molecule has 1 fully saturated rings. The van der Waals surface area contributed by atoms with Gasteiger partial charge in [0.05, 0.1) is 25.2 Å². The number of urea groups is 1. The summed E-state index contributed by atoms with van der Waals surface area (Å²) in [5, 5.41) is 5.81. The van der Waals surface area contributed by atoms with Crippen LogP contribution in [0.3, 0.4) is 0 Å². The average Bonchev–Trinajstić information content (AvgIpc) is 2.88. The van der Waals surface area contributed by atoms with Crippen molar-refractivity contribution >= 4 is 35.0 Å². The van der Waals surface area contributed by atoms with Crippen LogP contribution < -0.4 is 20.4 Å². The third-order valence-electron chi connectivity index (χ3n) is 5.70. The van der Waals surface area contributed by atoms with Crippen LogP contribution >= 0.6 is 0 Å². The van der Waals surface area contributed by atoms with Crippen LogP contribution in [0.2, 0.25) is 0 Å². The predicted octanol–water partition coefficient (Wildman–Crippen LogP) is 3.31. The Bertz CT molecular complexity index is 1130. The molecule has 9 heteroatoms. The van der Waals surface area contributed by atoms with E-state index in [4.69, 9.17) is 14.7 Å².